The summed E-state index contributed by atoms with van der Waals surface area (Å²) in [5, 5.41) is 0. The predicted molar refractivity (Wildman–Crippen MR) is 89.4 cm³/mol. The number of carbonyl (C=O) groups excluding carboxylic acids is 1. The zero-order valence-electron chi connectivity index (χ0n) is 13.8. The van der Waals surface area contributed by atoms with Crippen molar-refractivity contribution < 1.29 is 9.53 Å². The van der Waals surface area contributed by atoms with Crippen LogP contribution in [0.3, 0.4) is 0 Å². The van der Waals surface area contributed by atoms with Gasteiger partial charge in [0.1, 0.15) is 12.4 Å². The molecule has 1 aliphatic heterocycles. The highest BCUT2D eigenvalue weighted by atomic mass is 16.5. The minimum Gasteiger partial charge on any atom is -0.487 e. The topological polar surface area (TPSA) is 32.8 Å². The summed E-state index contributed by atoms with van der Waals surface area (Å²) in [6.07, 6.45) is 2.30. The molecule has 0 aromatic heterocycles. The fraction of sp³-hybridized carbons (Fsp3) is 0.500. The van der Waals surface area contributed by atoms with Crippen molar-refractivity contribution in [3.05, 3.63) is 42.1 Å². The highest BCUT2D eigenvalue weighted by molar-refractivity contribution is 5.96. The molecule has 1 aromatic carbocycles. The van der Waals surface area contributed by atoms with Crippen LogP contribution < -0.4 is 4.74 Å². The Balaban J connectivity index is 1.91. The fourth-order valence-electron chi connectivity index (χ4n) is 2.79. The van der Waals surface area contributed by atoms with Gasteiger partial charge in [-0.1, -0.05) is 18.7 Å². The summed E-state index contributed by atoms with van der Waals surface area (Å²) in [7, 11) is 4.24. The Bertz CT molecular complexity index is 534. The summed E-state index contributed by atoms with van der Waals surface area (Å²) in [4.78, 5) is 16.2. The van der Waals surface area contributed by atoms with Crippen LogP contribution in [0.15, 0.2) is 36.5 Å². The summed E-state index contributed by atoms with van der Waals surface area (Å²) >= 11 is 0. The molecule has 120 valence electrons. The van der Waals surface area contributed by atoms with Gasteiger partial charge in [-0.2, -0.15) is 0 Å². The molecule has 0 unspecified atom stereocenters. The lowest BCUT2D eigenvalue weighted by Crippen LogP contribution is -2.42. The molecule has 4 heteroatoms. The van der Waals surface area contributed by atoms with Crippen molar-refractivity contribution >= 4 is 5.78 Å². The Morgan fingerprint density at radius 2 is 2.00 bits per heavy atom. The molecule has 0 aliphatic carbocycles. The average Bonchev–Trinajstić information content (AvgIpc) is 2.52. The lowest BCUT2D eigenvalue weighted by Gasteiger charge is -2.37. The van der Waals surface area contributed by atoms with Gasteiger partial charge in [-0.3, -0.25) is 4.79 Å². The minimum atomic E-state index is 0.0184. The van der Waals surface area contributed by atoms with Crippen LogP contribution in [0, 0.1) is 0 Å². The summed E-state index contributed by atoms with van der Waals surface area (Å²) < 4.78 is 5.82. The molecule has 0 amide bonds. The molecule has 2 rings (SSSR count). The third-order valence-corrected chi connectivity index (χ3v) is 4.40. The van der Waals surface area contributed by atoms with Gasteiger partial charge in [-0.05, 0) is 52.0 Å². The molecule has 4 nitrogen and oxygen atoms in total. The van der Waals surface area contributed by atoms with Crippen LogP contribution in [0.5, 0.6) is 5.75 Å². The minimum absolute atomic E-state index is 0.0184. The Labute approximate surface area is 133 Å². The first-order chi connectivity index (χ1) is 10.5. The Morgan fingerprint density at radius 3 is 2.64 bits per heavy atom. The fourth-order valence-corrected chi connectivity index (χ4v) is 2.79. The van der Waals surface area contributed by atoms with E-state index >= 15 is 0 Å². The first-order valence-electron chi connectivity index (χ1n) is 7.81. The number of Topliss-reactive ketones (excluding diaryl/α,β-unsaturated/α-hetero) is 1. The van der Waals surface area contributed by atoms with Crippen LogP contribution in [0.1, 0.15) is 30.1 Å². The number of likely N-dealkylation sites (N-methyl/N-ethyl adjacent to an activating group) is 1. The lowest BCUT2D eigenvalue weighted by atomic mass is 10.0. The average molecular weight is 302 g/mol. The van der Waals surface area contributed by atoms with Crippen molar-refractivity contribution in [1.29, 1.82) is 0 Å². The van der Waals surface area contributed by atoms with E-state index in [1.165, 1.54) is 0 Å². The van der Waals surface area contributed by atoms with Crippen LogP contribution in [-0.2, 0) is 0 Å². The van der Waals surface area contributed by atoms with E-state index in [1.54, 1.807) is 13.0 Å². The molecule has 0 atom stereocenters. The third-order valence-electron chi connectivity index (χ3n) is 4.40. The second-order valence-corrected chi connectivity index (χ2v) is 6.05. The van der Waals surface area contributed by atoms with Gasteiger partial charge >= 0.3 is 0 Å². The summed E-state index contributed by atoms with van der Waals surface area (Å²) in [6, 6.07) is 7.88. The van der Waals surface area contributed by atoms with E-state index in [4.69, 9.17) is 4.74 Å². The predicted octanol–water partition coefficient (Wildman–Crippen LogP) is 2.81. The Morgan fingerprint density at radius 1 is 1.36 bits per heavy atom. The maximum absolute atomic E-state index is 11.6. The number of hydrogen-bond donors (Lipinski definition) is 0. The molecule has 0 spiro atoms. The van der Waals surface area contributed by atoms with Crippen molar-refractivity contribution in [2.24, 2.45) is 0 Å². The van der Waals surface area contributed by atoms with Crippen molar-refractivity contribution in [3.8, 4) is 5.75 Å². The first kappa shape index (κ1) is 16.6. The van der Waals surface area contributed by atoms with Crippen molar-refractivity contribution in [3.63, 3.8) is 0 Å². The summed E-state index contributed by atoms with van der Waals surface area (Å²) in [5.41, 5.74) is 1.57. The van der Waals surface area contributed by atoms with E-state index in [2.05, 4.69) is 30.5 Å². The number of likely N-dealkylation sites (tertiary alicyclic amines) is 1. The van der Waals surface area contributed by atoms with E-state index in [-0.39, 0.29) is 5.78 Å². The molecule has 0 bridgehead atoms. The van der Waals surface area contributed by atoms with Gasteiger partial charge in [-0.15, -0.1) is 0 Å². The van der Waals surface area contributed by atoms with Crippen LogP contribution in [0.2, 0.25) is 0 Å². The van der Waals surface area contributed by atoms with Gasteiger partial charge in [0, 0.05) is 18.8 Å². The standard InChI is InChI=1S/C18H26N2O2/c1-14(20(4)16-9-11-19(3)12-10-16)13-22-18-8-6-5-7-17(18)15(2)21/h5-8,16H,1,9-13H2,2-4H3. The van der Waals surface area contributed by atoms with Gasteiger partial charge in [0.2, 0.25) is 0 Å². The van der Waals surface area contributed by atoms with Gasteiger partial charge in [0.15, 0.2) is 5.78 Å². The highest BCUT2D eigenvalue weighted by Gasteiger charge is 2.21. The normalized spacial score (nSPS) is 16.3. The molecule has 1 heterocycles. The van der Waals surface area contributed by atoms with Crippen LogP contribution in [0.25, 0.3) is 0 Å². The monoisotopic (exact) mass is 302 g/mol. The number of nitrogens with zero attached hydrogens (tertiary/aromatic N) is 2. The molecule has 1 aliphatic rings. The van der Waals surface area contributed by atoms with Gasteiger partial charge in [0.05, 0.1) is 5.56 Å². The van der Waals surface area contributed by atoms with E-state index in [0.29, 0.717) is 24.0 Å². The number of piperidine rings is 1. The molecular weight excluding hydrogens is 276 g/mol. The Kier molecular flexibility index (Phi) is 5.61. The number of ketones is 1. The maximum atomic E-state index is 11.6. The summed E-state index contributed by atoms with van der Waals surface area (Å²) in [5.74, 6) is 0.651. The molecule has 22 heavy (non-hydrogen) atoms. The quantitative estimate of drug-likeness (QED) is 0.757. The van der Waals surface area contributed by atoms with Crippen molar-refractivity contribution in [1.82, 2.24) is 9.80 Å². The SMILES string of the molecule is C=C(COc1ccccc1C(C)=O)N(C)C1CCN(C)CC1. The second kappa shape index (κ2) is 7.45. The van der Waals surface area contributed by atoms with Gasteiger partial charge in [-0.25, -0.2) is 0 Å². The number of rotatable bonds is 6. The molecule has 1 saturated heterocycles. The number of para-hydroxylation sites is 1. The number of benzene rings is 1. The number of hydrogen-bond acceptors (Lipinski definition) is 4. The van der Waals surface area contributed by atoms with Crippen LogP contribution in [0.4, 0.5) is 0 Å². The van der Waals surface area contributed by atoms with Crippen molar-refractivity contribution in [2.75, 3.05) is 33.8 Å². The van der Waals surface area contributed by atoms with Crippen LogP contribution >= 0.6 is 0 Å². The molecular formula is C18H26N2O2. The second-order valence-electron chi connectivity index (χ2n) is 6.05. The van der Waals surface area contributed by atoms with E-state index < -0.39 is 0 Å². The van der Waals surface area contributed by atoms with E-state index in [1.807, 2.05) is 18.2 Å². The van der Waals surface area contributed by atoms with Gasteiger partial charge in [0.25, 0.3) is 0 Å². The smallest absolute Gasteiger partial charge is 0.163 e. The summed E-state index contributed by atoms with van der Waals surface area (Å²) in [6.45, 7) is 8.35. The lowest BCUT2D eigenvalue weighted by molar-refractivity contribution is 0.101. The van der Waals surface area contributed by atoms with Gasteiger partial charge < -0.3 is 14.5 Å². The zero-order chi connectivity index (χ0) is 16.1. The largest absolute Gasteiger partial charge is 0.487 e. The highest BCUT2D eigenvalue weighted by Crippen LogP contribution is 2.21. The molecule has 0 N–H and O–H groups in total. The van der Waals surface area contributed by atoms with Crippen LogP contribution in [-0.4, -0.2) is 55.4 Å². The Hall–Kier alpha value is -1.81. The molecule has 1 fully saturated rings. The maximum Gasteiger partial charge on any atom is 0.163 e. The van der Waals surface area contributed by atoms with Crippen molar-refractivity contribution in [2.45, 2.75) is 25.8 Å². The molecule has 0 saturated carbocycles. The molecule has 0 radical (unpaired) electrons. The number of ether oxygens (including phenoxy) is 1. The third kappa shape index (κ3) is 4.10. The van der Waals surface area contributed by atoms with E-state index in [9.17, 15) is 4.79 Å². The van der Waals surface area contributed by atoms with E-state index in [0.717, 1.165) is 31.6 Å². The molecule has 1 aromatic rings. The first-order valence-corrected chi connectivity index (χ1v) is 7.81. The zero-order valence-corrected chi connectivity index (χ0v) is 13.8. The number of carbonyl (C=O) groups is 1.